The largest absolute Gasteiger partial charge is 0.481 e. The van der Waals surface area contributed by atoms with Crippen LogP contribution in [-0.2, 0) is 14.8 Å². The third-order valence-electron chi connectivity index (χ3n) is 2.99. The van der Waals surface area contributed by atoms with Crippen molar-refractivity contribution in [3.63, 3.8) is 0 Å². The van der Waals surface area contributed by atoms with E-state index in [1.165, 1.54) is 24.3 Å². The molecule has 23 heavy (non-hydrogen) atoms. The number of nitrogens with one attached hydrogen (secondary N) is 2. The van der Waals surface area contributed by atoms with Gasteiger partial charge in [-0.25, -0.2) is 13.1 Å². The van der Waals surface area contributed by atoms with Crippen LogP contribution in [0.4, 0.5) is 0 Å². The van der Waals surface area contributed by atoms with Gasteiger partial charge in [0.25, 0.3) is 5.91 Å². The van der Waals surface area contributed by atoms with Crippen LogP contribution in [0, 0.1) is 0 Å². The molecule has 1 atom stereocenters. The molecule has 0 aliphatic carbocycles. The second-order valence-electron chi connectivity index (χ2n) is 5.61. The molecule has 0 aliphatic rings. The van der Waals surface area contributed by atoms with Gasteiger partial charge in [0.1, 0.15) is 0 Å². The van der Waals surface area contributed by atoms with Gasteiger partial charge in [-0.1, -0.05) is 0 Å². The molecular weight excluding hydrogens is 320 g/mol. The Hall–Kier alpha value is -1.93. The van der Waals surface area contributed by atoms with Crippen molar-refractivity contribution in [1.29, 1.82) is 0 Å². The number of aliphatic carboxylic acids is 1. The fourth-order valence-electron chi connectivity index (χ4n) is 1.88. The molecule has 1 aromatic rings. The van der Waals surface area contributed by atoms with Crippen LogP contribution in [0.2, 0.25) is 0 Å². The molecule has 3 N–H and O–H groups in total. The fraction of sp³-hybridized carbons (Fsp3) is 0.467. The Balaban J connectivity index is 2.73. The van der Waals surface area contributed by atoms with E-state index in [4.69, 9.17) is 5.11 Å². The van der Waals surface area contributed by atoms with Crippen molar-refractivity contribution in [2.45, 2.75) is 50.6 Å². The third kappa shape index (κ3) is 6.37. The quantitative estimate of drug-likeness (QED) is 0.660. The Kier molecular flexibility index (Phi) is 6.71. The van der Waals surface area contributed by atoms with E-state index in [-0.39, 0.29) is 29.3 Å². The van der Waals surface area contributed by atoms with Crippen LogP contribution in [0.3, 0.4) is 0 Å². The molecule has 0 aliphatic heterocycles. The second kappa shape index (κ2) is 8.07. The highest BCUT2D eigenvalue weighted by Crippen LogP contribution is 2.11. The Morgan fingerprint density at radius 3 is 2.17 bits per heavy atom. The van der Waals surface area contributed by atoms with Crippen LogP contribution in [-0.4, -0.2) is 37.5 Å². The molecule has 1 amide bonds. The van der Waals surface area contributed by atoms with Crippen LogP contribution in [0.15, 0.2) is 29.2 Å². The summed E-state index contributed by atoms with van der Waals surface area (Å²) in [4.78, 5) is 22.6. The summed E-state index contributed by atoms with van der Waals surface area (Å²) in [6.07, 6.45) is 0.297. The van der Waals surface area contributed by atoms with E-state index in [1.54, 1.807) is 20.8 Å². The molecule has 0 saturated heterocycles. The van der Waals surface area contributed by atoms with Gasteiger partial charge in [-0.2, -0.15) is 0 Å². The molecule has 1 aromatic carbocycles. The van der Waals surface area contributed by atoms with E-state index in [0.29, 0.717) is 12.0 Å². The zero-order valence-electron chi connectivity index (χ0n) is 13.4. The van der Waals surface area contributed by atoms with Crippen molar-refractivity contribution in [3.05, 3.63) is 29.8 Å². The highest BCUT2D eigenvalue weighted by atomic mass is 32.2. The summed E-state index contributed by atoms with van der Waals surface area (Å²) in [6, 6.07) is 5.06. The van der Waals surface area contributed by atoms with Gasteiger partial charge in [-0.15, -0.1) is 0 Å². The SMILES string of the molecule is CC(C)NS(=O)(=O)c1ccc(C(=O)NC(C)CCC(=O)O)cc1. The van der Waals surface area contributed by atoms with E-state index >= 15 is 0 Å². The monoisotopic (exact) mass is 342 g/mol. The van der Waals surface area contributed by atoms with Crippen molar-refractivity contribution >= 4 is 21.9 Å². The lowest BCUT2D eigenvalue weighted by Gasteiger charge is -2.13. The number of hydrogen-bond donors (Lipinski definition) is 3. The number of carboxylic acid groups (broad SMARTS) is 1. The van der Waals surface area contributed by atoms with Crippen molar-refractivity contribution in [2.75, 3.05) is 0 Å². The summed E-state index contributed by atoms with van der Waals surface area (Å²) in [5.74, 6) is -1.29. The van der Waals surface area contributed by atoms with Crippen LogP contribution >= 0.6 is 0 Å². The normalized spacial score (nSPS) is 12.9. The first-order chi connectivity index (χ1) is 10.6. The maximum Gasteiger partial charge on any atom is 0.303 e. The van der Waals surface area contributed by atoms with E-state index in [1.807, 2.05) is 0 Å². The van der Waals surface area contributed by atoms with Crippen molar-refractivity contribution in [3.8, 4) is 0 Å². The second-order valence-corrected chi connectivity index (χ2v) is 7.32. The number of carboxylic acids is 1. The molecule has 0 heterocycles. The van der Waals surface area contributed by atoms with Gasteiger partial charge in [0.05, 0.1) is 4.90 Å². The van der Waals surface area contributed by atoms with Gasteiger partial charge < -0.3 is 10.4 Å². The molecule has 0 radical (unpaired) electrons. The summed E-state index contributed by atoms with van der Waals surface area (Å²) in [5, 5.41) is 11.3. The van der Waals surface area contributed by atoms with Gasteiger partial charge in [0, 0.05) is 24.1 Å². The third-order valence-corrected chi connectivity index (χ3v) is 4.66. The zero-order chi connectivity index (χ0) is 17.6. The predicted octanol–water partition coefficient (Wildman–Crippen LogP) is 1.36. The maximum atomic E-state index is 12.0. The van der Waals surface area contributed by atoms with Crippen LogP contribution in [0.25, 0.3) is 0 Å². The van der Waals surface area contributed by atoms with Crippen molar-refractivity contribution in [2.24, 2.45) is 0 Å². The molecule has 0 fully saturated rings. The average molecular weight is 342 g/mol. The highest BCUT2D eigenvalue weighted by Gasteiger charge is 2.16. The van der Waals surface area contributed by atoms with Gasteiger partial charge in [-0.05, 0) is 51.5 Å². The van der Waals surface area contributed by atoms with Gasteiger partial charge >= 0.3 is 5.97 Å². The van der Waals surface area contributed by atoms with Gasteiger partial charge in [0.15, 0.2) is 0 Å². The lowest BCUT2D eigenvalue weighted by atomic mass is 10.1. The maximum absolute atomic E-state index is 12.0. The number of hydrogen-bond acceptors (Lipinski definition) is 4. The minimum absolute atomic E-state index is 0.0283. The first kappa shape index (κ1) is 19.1. The Labute approximate surface area is 136 Å². The Morgan fingerprint density at radius 2 is 1.70 bits per heavy atom. The number of benzene rings is 1. The summed E-state index contributed by atoms with van der Waals surface area (Å²) in [7, 11) is -3.59. The van der Waals surface area contributed by atoms with E-state index < -0.39 is 16.0 Å². The summed E-state index contributed by atoms with van der Waals surface area (Å²) < 4.78 is 26.4. The minimum atomic E-state index is -3.59. The molecule has 0 spiro atoms. The standard InChI is InChI=1S/C15H22N2O5S/c1-10(2)17-23(21,22)13-7-5-12(6-8-13)15(20)16-11(3)4-9-14(18)19/h5-8,10-11,17H,4,9H2,1-3H3,(H,16,20)(H,18,19). The topological polar surface area (TPSA) is 113 Å². The van der Waals surface area contributed by atoms with E-state index in [9.17, 15) is 18.0 Å². The van der Waals surface area contributed by atoms with Crippen LogP contribution in [0.1, 0.15) is 44.0 Å². The fourth-order valence-corrected chi connectivity index (χ4v) is 3.13. The Bertz CT molecular complexity index is 653. The number of carbonyl (C=O) groups excluding carboxylic acids is 1. The first-order valence-electron chi connectivity index (χ1n) is 7.27. The smallest absolute Gasteiger partial charge is 0.303 e. The molecule has 1 rings (SSSR count). The molecule has 128 valence electrons. The summed E-state index contributed by atoms with van der Waals surface area (Å²) in [6.45, 7) is 5.15. The molecule has 0 bridgehead atoms. The molecule has 0 aromatic heterocycles. The van der Waals surface area contributed by atoms with Crippen molar-refractivity contribution in [1.82, 2.24) is 10.0 Å². The van der Waals surface area contributed by atoms with E-state index in [2.05, 4.69) is 10.0 Å². The molecule has 0 saturated carbocycles. The van der Waals surface area contributed by atoms with Gasteiger partial charge in [0.2, 0.25) is 10.0 Å². The predicted molar refractivity (Wildman–Crippen MR) is 85.7 cm³/mol. The van der Waals surface area contributed by atoms with Gasteiger partial charge in [-0.3, -0.25) is 9.59 Å². The highest BCUT2D eigenvalue weighted by molar-refractivity contribution is 7.89. The number of carbonyl (C=O) groups is 2. The number of rotatable bonds is 8. The molecule has 7 nitrogen and oxygen atoms in total. The average Bonchev–Trinajstić information content (AvgIpc) is 2.44. The van der Waals surface area contributed by atoms with Crippen molar-refractivity contribution < 1.29 is 23.1 Å². The summed E-state index contributed by atoms with van der Waals surface area (Å²) >= 11 is 0. The number of sulfonamides is 1. The molecule has 1 unspecified atom stereocenters. The Morgan fingerprint density at radius 1 is 1.13 bits per heavy atom. The number of amides is 1. The lowest BCUT2D eigenvalue weighted by molar-refractivity contribution is -0.137. The molecule has 8 heteroatoms. The lowest BCUT2D eigenvalue weighted by Crippen LogP contribution is -2.33. The van der Waals surface area contributed by atoms with Crippen LogP contribution in [0.5, 0.6) is 0 Å². The van der Waals surface area contributed by atoms with E-state index in [0.717, 1.165) is 0 Å². The zero-order valence-corrected chi connectivity index (χ0v) is 14.2. The minimum Gasteiger partial charge on any atom is -0.481 e. The molecular formula is C15H22N2O5S. The summed E-state index contributed by atoms with van der Waals surface area (Å²) in [5.41, 5.74) is 0.315. The first-order valence-corrected chi connectivity index (χ1v) is 8.75. The van der Waals surface area contributed by atoms with Crippen LogP contribution < -0.4 is 10.0 Å².